The lowest BCUT2D eigenvalue weighted by Crippen LogP contribution is -2.22. The molecular weight excluding hydrogens is 272 g/mol. The molecule has 1 unspecified atom stereocenters. The molecule has 0 aliphatic rings. The Balaban J connectivity index is 2.40. The van der Waals surface area contributed by atoms with Crippen molar-refractivity contribution in [1.29, 1.82) is 0 Å². The summed E-state index contributed by atoms with van der Waals surface area (Å²) in [6.07, 6.45) is 1.61. The maximum atomic E-state index is 11.4. The fourth-order valence-corrected chi connectivity index (χ4v) is 1.87. The highest BCUT2D eigenvalue weighted by Gasteiger charge is 2.19. The fourth-order valence-electron chi connectivity index (χ4n) is 1.35. The first-order valence-electron chi connectivity index (χ1n) is 5.03. The minimum Gasteiger partial charge on any atom is -0.364 e. The molecule has 3 N–H and O–H groups in total. The Hall–Kier alpha value is -2.33. The van der Waals surface area contributed by atoms with Gasteiger partial charge in [-0.2, -0.15) is 9.40 Å². The number of nitrogens with zero attached hydrogens (tertiary/aromatic N) is 5. The van der Waals surface area contributed by atoms with Crippen LogP contribution < -0.4 is 10.0 Å². The average Bonchev–Trinajstić information content (AvgIpc) is 2.76. The molecule has 2 aromatic heterocycles. The van der Waals surface area contributed by atoms with Crippen LogP contribution in [0.2, 0.25) is 0 Å². The molecule has 1 atom stereocenters. The van der Waals surface area contributed by atoms with Crippen LogP contribution in [0.25, 0.3) is 0 Å². The van der Waals surface area contributed by atoms with E-state index in [4.69, 9.17) is 5.73 Å². The predicted octanol–water partition coefficient (Wildman–Crippen LogP) is -0.416. The number of anilines is 2. The Morgan fingerprint density at radius 1 is 1.37 bits per heavy atom. The van der Waals surface area contributed by atoms with Crippen molar-refractivity contribution in [1.82, 2.24) is 20.0 Å². The van der Waals surface area contributed by atoms with Crippen LogP contribution in [0, 0.1) is 0 Å². The molecule has 0 bridgehead atoms. The van der Waals surface area contributed by atoms with Gasteiger partial charge in [0.1, 0.15) is 0 Å². The third-order valence-electron chi connectivity index (χ3n) is 2.17. The zero-order valence-electron chi connectivity index (χ0n) is 9.79. The number of aromatic nitrogens is 4. The summed E-state index contributed by atoms with van der Waals surface area (Å²) in [6, 6.07) is 4.21. The Kier molecular flexibility index (Phi) is 3.53. The average molecular weight is 282 g/mol. The summed E-state index contributed by atoms with van der Waals surface area (Å²) in [6.45, 7) is 0. The van der Waals surface area contributed by atoms with E-state index in [9.17, 15) is 13.6 Å². The number of carbonyl (C=O) groups excluding carboxylic acids is 1. The third kappa shape index (κ3) is 2.74. The van der Waals surface area contributed by atoms with Crippen molar-refractivity contribution in [2.75, 3.05) is 4.31 Å². The Morgan fingerprint density at radius 2 is 2.11 bits per heavy atom. The highest BCUT2D eigenvalue weighted by atomic mass is 32.2. The maximum absolute atomic E-state index is 11.4. The largest absolute Gasteiger partial charge is 0.364 e. The van der Waals surface area contributed by atoms with E-state index in [2.05, 4.69) is 15.3 Å². The number of hydrogen-bond donors (Lipinski definition) is 2. The standard InChI is InChI=1S/C9H10N6O3S/c1-14-5-4-8(13-14)15(19(17)18)7-3-2-6(9(10)16)11-12-7/h2-5H,1H3,(H2,10,16)(H,17,18). The number of nitrogens with two attached hydrogens (primary N) is 1. The molecule has 100 valence electrons. The van der Waals surface area contributed by atoms with Gasteiger partial charge in [-0.05, 0) is 12.1 Å². The SMILES string of the molecule is Cn1ccc(N(c2ccc(C(N)=O)nn2)S(=O)O)n1. The summed E-state index contributed by atoms with van der Waals surface area (Å²) in [5, 5.41) is 11.2. The first-order chi connectivity index (χ1) is 8.99. The zero-order valence-corrected chi connectivity index (χ0v) is 10.6. The van der Waals surface area contributed by atoms with Crippen LogP contribution in [0.5, 0.6) is 0 Å². The summed E-state index contributed by atoms with van der Waals surface area (Å²) in [4.78, 5) is 10.9. The number of rotatable bonds is 4. The van der Waals surface area contributed by atoms with Crippen molar-refractivity contribution in [2.45, 2.75) is 0 Å². The second kappa shape index (κ2) is 5.12. The zero-order chi connectivity index (χ0) is 14.0. The number of aryl methyl sites for hydroxylation is 1. The Bertz CT molecular complexity index is 625. The molecule has 2 aromatic rings. The van der Waals surface area contributed by atoms with Gasteiger partial charge in [0.2, 0.25) is 0 Å². The molecule has 0 saturated carbocycles. The summed E-state index contributed by atoms with van der Waals surface area (Å²) < 4.78 is 23.1. The highest BCUT2D eigenvalue weighted by molar-refractivity contribution is 7.81. The van der Waals surface area contributed by atoms with E-state index in [0.29, 0.717) is 0 Å². The van der Waals surface area contributed by atoms with Gasteiger partial charge in [0.15, 0.2) is 17.3 Å². The second-order valence-electron chi connectivity index (χ2n) is 3.51. The topological polar surface area (TPSA) is 127 Å². The first-order valence-corrected chi connectivity index (χ1v) is 6.09. The van der Waals surface area contributed by atoms with Crippen molar-refractivity contribution in [3.8, 4) is 0 Å². The van der Waals surface area contributed by atoms with E-state index >= 15 is 0 Å². The van der Waals surface area contributed by atoms with Crippen LogP contribution in [-0.2, 0) is 18.3 Å². The summed E-state index contributed by atoms with van der Waals surface area (Å²) in [5.74, 6) is -0.428. The highest BCUT2D eigenvalue weighted by Crippen LogP contribution is 2.22. The third-order valence-corrected chi connectivity index (χ3v) is 2.86. The van der Waals surface area contributed by atoms with Crippen molar-refractivity contribution >= 4 is 28.8 Å². The Labute approximate surface area is 110 Å². The quantitative estimate of drug-likeness (QED) is 0.733. The molecule has 0 spiro atoms. The van der Waals surface area contributed by atoms with Crippen molar-refractivity contribution < 1.29 is 13.6 Å². The summed E-state index contributed by atoms with van der Waals surface area (Å²) in [7, 11) is 1.67. The normalized spacial score (nSPS) is 12.1. The minimum atomic E-state index is -2.37. The molecule has 0 aliphatic carbocycles. The molecule has 0 fully saturated rings. The van der Waals surface area contributed by atoms with E-state index in [1.807, 2.05) is 0 Å². The molecule has 9 nitrogen and oxygen atoms in total. The smallest absolute Gasteiger partial charge is 0.269 e. The van der Waals surface area contributed by atoms with Gasteiger partial charge in [-0.25, -0.2) is 4.21 Å². The lowest BCUT2D eigenvalue weighted by molar-refractivity contribution is 0.0994. The van der Waals surface area contributed by atoms with Gasteiger partial charge in [-0.15, -0.1) is 10.2 Å². The van der Waals surface area contributed by atoms with E-state index in [1.54, 1.807) is 13.2 Å². The van der Waals surface area contributed by atoms with Gasteiger partial charge in [-0.3, -0.25) is 14.0 Å². The molecule has 0 radical (unpaired) electrons. The number of primary amides is 1. The molecule has 2 heterocycles. The van der Waals surface area contributed by atoms with Crippen LogP contribution in [-0.4, -0.2) is 34.6 Å². The summed E-state index contributed by atoms with van der Waals surface area (Å²) in [5.41, 5.74) is 5.00. The maximum Gasteiger partial charge on any atom is 0.269 e. The second-order valence-corrected chi connectivity index (χ2v) is 4.34. The van der Waals surface area contributed by atoms with Crippen molar-refractivity contribution in [3.63, 3.8) is 0 Å². The lowest BCUT2D eigenvalue weighted by Gasteiger charge is -2.14. The van der Waals surface area contributed by atoms with E-state index in [0.717, 1.165) is 4.31 Å². The number of carbonyl (C=O) groups is 1. The lowest BCUT2D eigenvalue weighted by atomic mass is 10.4. The molecule has 0 aromatic carbocycles. The first kappa shape index (κ1) is 13.1. The fraction of sp³-hybridized carbons (Fsp3) is 0.111. The molecule has 2 rings (SSSR count). The number of amides is 1. The van der Waals surface area contributed by atoms with Crippen LogP contribution >= 0.6 is 0 Å². The van der Waals surface area contributed by atoms with Gasteiger partial charge >= 0.3 is 0 Å². The number of hydrogen-bond acceptors (Lipinski definition) is 5. The Morgan fingerprint density at radius 3 is 2.53 bits per heavy atom. The van der Waals surface area contributed by atoms with Gasteiger partial charge in [0.05, 0.1) is 0 Å². The van der Waals surface area contributed by atoms with E-state index in [-0.39, 0.29) is 17.3 Å². The molecule has 0 aliphatic heterocycles. The van der Waals surface area contributed by atoms with Gasteiger partial charge < -0.3 is 5.73 Å². The van der Waals surface area contributed by atoms with E-state index in [1.165, 1.54) is 22.9 Å². The van der Waals surface area contributed by atoms with Crippen molar-refractivity contribution in [2.24, 2.45) is 12.8 Å². The molecule has 1 amide bonds. The van der Waals surface area contributed by atoms with E-state index < -0.39 is 17.2 Å². The minimum absolute atomic E-state index is 0.0338. The van der Waals surface area contributed by atoms with Gasteiger partial charge in [0, 0.05) is 19.3 Å². The van der Waals surface area contributed by atoms with Gasteiger partial charge in [0.25, 0.3) is 17.2 Å². The van der Waals surface area contributed by atoms with Crippen LogP contribution in [0.1, 0.15) is 10.5 Å². The van der Waals surface area contributed by atoms with Gasteiger partial charge in [-0.1, -0.05) is 0 Å². The van der Waals surface area contributed by atoms with Crippen LogP contribution in [0.3, 0.4) is 0 Å². The van der Waals surface area contributed by atoms with Crippen molar-refractivity contribution in [3.05, 3.63) is 30.1 Å². The molecular formula is C9H10N6O3S. The predicted molar refractivity (Wildman–Crippen MR) is 66.7 cm³/mol. The monoisotopic (exact) mass is 282 g/mol. The van der Waals surface area contributed by atoms with Crippen LogP contribution in [0.15, 0.2) is 24.4 Å². The molecule has 10 heteroatoms. The molecule has 19 heavy (non-hydrogen) atoms. The molecule has 0 saturated heterocycles. The van der Waals surface area contributed by atoms with Crippen LogP contribution in [0.4, 0.5) is 11.6 Å². The summed E-state index contributed by atoms with van der Waals surface area (Å²) >= 11 is -2.37.